The zero-order chi connectivity index (χ0) is 16.5. The van der Waals surface area contributed by atoms with Crippen molar-refractivity contribution in [3.63, 3.8) is 0 Å². The minimum atomic E-state index is -1.23. The monoisotopic (exact) mass is 316 g/mol. The van der Waals surface area contributed by atoms with Gasteiger partial charge in [-0.25, -0.2) is 0 Å². The van der Waals surface area contributed by atoms with E-state index in [0.29, 0.717) is 0 Å². The van der Waals surface area contributed by atoms with E-state index in [-0.39, 0.29) is 41.3 Å². The van der Waals surface area contributed by atoms with Gasteiger partial charge in [-0.15, -0.1) is 0 Å². The quantitative estimate of drug-likeness (QED) is 0.456. The summed E-state index contributed by atoms with van der Waals surface area (Å²) in [6, 6.07) is 0. The molecule has 0 aromatic heterocycles. The molecule has 4 rings (SSSR count). The van der Waals surface area contributed by atoms with E-state index in [9.17, 15) is 14.7 Å². The summed E-state index contributed by atoms with van der Waals surface area (Å²) in [6.07, 6.45) is 8.54. The third kappa shape index (κ3) is 1.60. The number of aliphatic hydroxyl groups excluding tert-OH is 1. The molecular formula is C19H24O4. The lowest BCUT2D eigenvalue weighted by Crippen LogP contribution is -2.66. The van der Waals surface area contributed by atoms with Crippen LogP contribution in [0.3, 0.4) is 0 Å². The zero-order valence-corrected chi connectivity index (χ0v) is 13.8. The molecule has 0 spiro atoms. The van der Waals surface area contributed by atoms with Crippen molar-refractivity contribution in [2.24, 2.45) is 46.8 Å². The van der Waals surface area contributed by atoms with Crippen molar-refractivity contribution < 1.29 is 19.4 Å². The highest BCUT2D eigenvalue weighted by molar-refractivity contribution is 6.07. The number of Topliss-reactive ketones (excluding diaryl/α,β-unsaturated/α-hetero) is 1. The van der Waals surface area contributed by atoms with E-state index in [0.717, 1.165) is 6.42 Å². The van der Waals surface area contributed by atoms with Crippen molar-refractivity contribution in [3.8, 4) is 0 Å². The van der Waals surface area contributed by atoms with Gasteiger partial charge in [0.2, 0.25) is 0 Å². The van der Waals surface area contributed by atoms with E-state index in [4.69, 9.17) is 4.74 Å². The van der Waals surface area contributed by atoms with Crippen LogP contribution in [0.1, 0.15) is 20.3 Å². The average Bonchev–Trinajstić information content (AvgIpc) is 3.15. The fraction of sp³-hybridized carbons (Fsp3) is 0.684. The van der Waals surface area contributed by atoms with Crippen molar-refractivity contribution in [3.05, 3.63) is 24.3 Å². The fourth-order valence-corrected chi connectivity index (χ4v) is 6.10. The van der Waals surface area contributed by atoms with E-state index >= 15 is 0 Å². The second-order valence-corrected chi connectivity index (χ2v) is 7.83. The molecule has 2 saturated carbocycles. The first-order valence-corrected chi connectivity index (χ1v) is 8.62. The van der Waals surface area contributed by atoms with Crippen LogP contribution in [0, 0.1) is 46.8 Å². The summed E-state index contributed by atoms with van der Waals surface area (Å²) in [5, 5.41) is 11.2. The Morgan fingerprint density at radius 2 is 1.91 bits per heavy atom. The third-order valence-electron chi connectivity index (χ3n) is 7.03. The topological polar surface area (TPSA) is 63.6 Å². The van der Waals surface area contributed by atoms with Crippen LogP contribution in [0.25, 0.3) is 0 Å². The van der Waals surface area contributed by atoms with Gasteiger partial charge in [0.15, 0.2) is 5.78 Å². The van der Waals surface area contributed by atoms with Crippen LogP contribution < -0.4 is 0 Å². The maximum atomic E-state index is 13.6. The van der Waals surface area contributed by atoms with E-state index < -0.39 is 23.4 Å². The third-order valence-corrected chi connectivity index (χ3v) is 7.03. The Labute approximate surface area is 136 Å². The van der Waals surface area contributed by atoms with Gasteiger partial charge >= 0.3 is 5.97 Å². The summed E-state index contributed by atoms with van der Waals surface area (Å²) in [4.78, 5) is 26.4. The van der Waals surface area contributed by atoms with Crippen LogP contribution in [0.4, 0.5) is 0 Å². The predicted molar refractivity (Wildman–Crippen MR) is 84.1 cm³/mol. The normalized spacial score (nSPS) is 53.1. The van der Waals surface area contributed by atoms with Gasteiger partial charge in [0.1, 0.15) is 5.41 Å². The van der Waals surface area contributed by atoms with Crippen molar-refractivity contribution >= 4 is 11.8 Å². The first-order chi connectivity index (χ1) is 10.9. The Kier molecular flexibility index (Phi) is 3.15. The lowest BCUT2D eigenvalue weighted by atomic mass is 9.47. The largest absolute Gasteiger partial charge is 0.468 e. The van der Waals surface area contributed by atoms with E-state index in [1.165, 1.54) is 7.11 Å². The molecule has 0 aromatic carbocycles. The Balaban J connectivity index is 1.91. The molecule has 0 aromatic rings. The first-order valence-electron chi connectivity index (χ1n) is 8.62. The van der Waals surface area contributed by atoms with Gasteiger partial charge < -0.3 is 9.84 Å². The molecule has 0 amide bonds. The number of ketones is 1. The molecule has 4 aliphatic carbocycles. The van der Waals surface area contributed by atoms with Crippen LogP contribution in [0.2, 0.25) is 0 Å². The van der Waals surface area contributed by atoms with Crippen molar-refractivity contribution in [1.82, 2.24) is 0 Å². The summed E-state index contributed by atoms with van der Waals surface area (Å²) in [6.45, 7) is 3.89. The molecule has 0 saturated heterocycles. The van der Waals surface area contributed by atoms with Gasteiger partial charge in [0.05, 0.1) is 13.2 Å². The van der Waals surface area contributed by atoms with Crippen LogP contribution in [-0.4, -0.2) is 30.1 Å². The molecule has 9 unspecified atom stereocenters. The number of allylic oxidation sites excluding steroid dienone is 4. The molecule has 0 heterocycles. The lowest BCUT2D eigenvalue weighted by molar-refractivity contribution is -0.188. The Bertz CT molecular complexity index is 621. The van der Waals surface area contributed by atoms with Gasteiger partial charge in [-0.1, -0.05) is 38.2 Å². The smallest absolute Gasteiger partial charge is 0.320 e. The van der Waals surface area contributed by atoms with Crippen LogP contribution in [-0.2, 0) is 14.3 Å². The average molecular weight is 316 g/mol. The second kappa shape index (κ2) is 4.79. The Hall–Kier alpha value is -1.42. The number of methoxy groups -OCH3 is 1. The van der Waals surface area contributed by atoms with E-state index in [1.54, 1.807) is 0 Å². The number of hydrogen-bond acceptors (Lipinski definition) is 4. The second-order valence-electron chi connectivity index (χ2n) is 7.83. The van der Waals surface area contributed by atoms with Crippen LogP contribution >= 0.6 is 0 Å². The number of rotatable bonds is 1. The number of ether oxygens (including phenoxy) is 1. The molecule has 0 radical (unpaired) electrons. The van der Waals surface area contributed by atoms with E-state index in [2.05, 4.69) is 12.2 Å². The Morgan fingerprint density at radius 3 is 2.61 bits per heavy atom. The molecule has 124 valence electrons. The Morgan fingerprint density at radius 1 is 1.22 bits per heavy atom. The number of carbonyl (C=O) groups is 2. The van der Waals surface area contributed by atoms with Gasteiger partial charge in [-0.2, -0.15) is 0 Å². The van der Waals surface area contributed by atoms with Gasteiger partial charge in [0, 0.05) is 17.8 Å². The van der Waals surface area contributed by atoms with Gasteiger partial charge in [0.25, 0.3) is 0 Å². The van der Waals surface area contributed by atoms with Crippen molar-refractivity contribution in [2.75, 3.05) is 7.11 Å². The van der Waals surface area contributed by atoms with Crippen LogP contribution in [0.5, 0.6) is 0 Å². The number of esters is 1. The highest BCUT2D eigenvalue weighted by atomic mass is 16.5. The molecule has 2 bridgehead atoms. The minimum absolute atomic E-state index is 0.00481. The molecule has 0 aliphatic heterocycles. The molecule has 4 nitrogen and oxygen atoms in total. The number of aliphatic hydroxyl groups is 1. The van der Waals surface area contributed by atoms with Crippen molar-refractivity contribution in [2.45, 2.75) is 26.4 Å². The summed E-state index contributed by atoms with van der Waals surface area (Å²) in [7, 11) is 1.34. The zero-order valence-electron chi connectivity index (χ0n) is 13.8. The molecule has 23 heavy (non-hydrogen) atoms. The highest BCUT2D eigenvalue weighted by Gasteiger charge is 2.70. The number of carbonyl (C=O) groups excluding carboxylic acids is 2. The SMILES string of the molecule is COC(=O)C12C(=O)C3C4C=CC(C4)C3C(O)C1C(C)C=CC2C. The summed E-state index contributed by atoms with van der Waals surface area (Å²) in [5.41, 5.74) is -1.23. The molecule has 2 fully saturated rings. The summed E-state index contributed by atoms with van der Waals surface area (Å²) in [5.74, 6) is -0.966. The highest BCUT2D eigenvalue weighted by Crippen LogP contribution is 2.62. The van der Waals surface area contributed by atoms with Crippen molar-refractivity contribution in [1.29, 1.82) is 0 Å². The molecule has 4 heteroatoms. The lowest BCUT2D eigenvalue weighted by Gasteiger charge is -2.55. The predicted octanol–water partition coefficient (Wildman–Crippen LogP) is 1.99. The summed E-state index contributed by atoms with van der Waals surface area (Å²) >= 11 is 0. The number of hydrogen-bond donors (Lipinski definition) is 1. The maximum Gasteiger partial charge on any atom is 0.320 e. The maximum absolute atomic E-state index is 13.6. The first kappa shape index (κ1) is 15.1. The van der Waals surface area contributed by atoms with Gasteiger partial charge in [-0.3, -0.25) is 9.59 Å². The molecular weight excluding hydrogens is 292 g/mol. The number of fused-ring (bicyclic) bond motifs is 6. The molecule has 4 aliphatic rings. The fourth-order valence-electron chi connectivity index (χ4n) is 6.10. The summed E-state index contributed by atoms with van der Waals surface area (Å²) < 4.78 is 5.09. The molecule has 9 atom stereocenters. The van der Waals surface area contributed by atoms with Crippen LogP contribution in [0.15, 0.2) is 24.3 Å². The molecule has 1 N–H and O–H groups in total. The van der Waals surface area contributed by atoms with Gasteiger partial charge in [-0.05, 0) is 30.1 Å². The standard InChI is InChI=1S/C19H24O4/c1-9-4-5-10(2)19(18(22)23-3)15(9)16(20)13-11-6-7-12(8-11)14(13)17(19)21/h4-7,9-16,20H,8H2,1-3H3. The minimum Gasteiger partial charge on any atom is -0.468 e. The van der Waals surface area contributed by atoms with E-state index in [1.807, 2.05) is 26.0 Å².